The van der Waals surface area contributed by atoms with E-state index in [1.807, 2.05) is 22.6 Å². The molecule has 2 N–H and O–H groups in total. The highest BCUT2D eigenvalue weighted by Crippen LogP contribution is 2.42. The van der Waals surface area contributed by atoms with E-state index in [1.54, 1.807) is 18.2 Å². The minimum Gasteiger partial charge on any atom is -0.508 e. The van der Waals surface area contributed by atoms with Crippen LogP contribution in [-0.2, 0) is 32.5 Å². The van der Waals surface area contributed by atoms with Crippen molar-refractivity contribution < 1.29 is 23.4 Å². The number of phenols is 1. The first-order valence-corrected chi connectivity index (χ1v) is 20.2. The number of hydrogen-bond acceptors (Lipinski definition) is 10. The third-order valence-electron chi connectivity index (χ3n) is 13.2. The van der Waals surface area contributed by atoms with Gasteiger partial charge in [0.05, 0.1) is 30.0 Å². The number of ether oxygens (including phenoxy) is 1. The Morgan fingerprint density at radius 1 is 1.05 bits per heavy atom. The van der Waals surface area contributed by atoms with Crippen molar-refractivity contribution >= 4 is 28.2 Å². The van der Waals surface area contributed by atoms with Gasteiger partial charge < -0.3 is 29.9 Å². The van der Waals surface area contributed by atoms with E-state index in [0.29, 0.717) is 82.4 Å². The molecule has 2 atom stereocenters. The molecular weight excluding hydrogens is 705 g/mol. The third kappa shape index (κ3) is 6.07. The summed E-state index contributed by atoms with van der Waals surface area (Å²) < 4.78 is 38.4. The van der Waals surface area contributed by atoms with Gasteiger partial charge in [-0.25, -0.2) is 8.78 Å². The van der Waals surface area contributed by atoms with E-state index >= 15 is 4.39 Å². The van der Waals surface area contributed by atoms with Crippen LogP contribution in [0.15, 0.2) is 30.3 Å². The summed E-state index contributed by atoms with van der Waals surface area (Å²) in [7, 11) is 0. The van der Waals surface area contributed by atoms with Crippen molar-refractivity contribution in [2.75, 3.05) is 55.7 Å². The van der Waals surface area contributed by atoms with Crippen LogP contribution >= 0.6 is 0 Å². The molecule has 55 heavy (non-hydrogen) atoms. The molecule has 11 rings (SSSR count). The van der Waals surface area contributed by atoms with Crippen LogP contribution in [0.2, 0.25) is 0 Å². The number of rotatable bonds is 7. The highest BCUT2D eigenvalue weighted by molar-refractivity contribution is 5.98. The number of fused-ring (bicyclic) bond motifs is 7. The minimum atomic E-state index is -0.868. The highest BCUT2D eigenvalue weighted by Gasteiger charge is 2.49. The molecule has 4 saturated heterocycles. The van der Waals surface area contributed by atoms with Crippen LogP contribution in [0, 0.1) is 5.82 Å². The van der Waals surface area contributed by atoms with Gasteiger partial charge >= 0.3 is 6.01 Å². The Morgan fingerprint density at radius 2 is 1.95 bits per heavy atom. The molecule has 1 saturated carbocycles. The van der Waals surface area contributed by atoms with E-state index in [9.17, 15) is 14.3 Å². The molecule has 0 unspecified atom stereocenters. The van der Waals surface area contributed by atoms with Crippen molar-refractivity contribution in [2.45, 2.75) is 102 Å². The van der Waals surface area contributed by atoms with Crippen LogP contribution in [0.1, 0.15) is 78.5 Å². The summed E-state index contributed by atoms with van der Waals surface area (Å²) in [6, 6.07) is 9.63. The molecule has 12 nitrogen and oxygen atoms in total. The SMILES string of the molecule is CCc1c(F)ccc2cc(O)cc(N3CCc4c(nc(OC[C@@]56CCCN5C[C@H](F)C6)nc4N4CCCn5nc(C(=O)N6CCNC7CC6C7)cc5C4)C3)c12. The number of nitrogens with one attached hydrogen (secondary N) is 1. The van der Waals surface area contributed by atoms with Gasteiger partial charge in [0, 0.05) is 80.5 Å². The second kappa shape index (κ2) is 13.6. The van der Waals surface area contributed by atoms with Crippen LogP contribution in [0.25, 0.3) is 10.8 Å². The van der Waals surface area contributed by atoms with Crippen molar-refractivity contribution in [3.05, 3.63) is 64.4 Å². The number of nitrogens with zero attached hydrogens (tertiary/aromatic N) is 8. The number of halogens is 2. The number of carbonyl (C=O) groups is 1. The molecule has 2 aromatic heterocycles. The van der Waals surface area contributed by atoms with Gasteiger partial charge in [-0.05, 0) is 80.6 Å². The molecule has 2 aromatic carbocycles. The number of hydrogen-bond donors (Lipinski definition) is 2. The average molecular weight is 754 g/mol. The van der Waals surface area contributed by atoms with Gasteiger partial charge in [-0.2, -0.15) is 15.1 Å². The number of phenolic OH excluding ortho intramolecular Hbond substituents is 1. The Kier molecular flexibility index (Phi) is 8.61. The van der Waals surface area contributed by atoms with E-state index in [1.165, 1.54) is 6.07 Å². The fourth-order valence-corrected chi connectivity index (χ4v) is 10.4. The molecule has 0 spiro atoms. The second-order valence-electron chi connectivity index (χ2n) is 16.5. The maximum absolute atomic E-state index is 15.2. The molecule has 8 heterocycles. The monoisotopic (exact) mass is 753 g/mol. The summed E-state index contributed by atoms with van der Waals surface area (Å²) in [6.07, 6.45) is 5.44. The first kappa shape index (κ1) is 34.9. The molecule has 1 aliphatic carbocycles. The quantitative estimate of drug-likeness (QED) is 0.275. The molecule has 2 bridgehead atoms. The Bertz CT molecular complexity index is 2160. The lowest BCUT2D eigenvalue weighted by Crippen LogP contribution is -2.49. The lowest BCUT2D eigenvalue weighted by atomic mass is 9.86. The summed E-state index contributed by atoms with van der Waals surface area (Å²) in [5.41, 5.74) is 4.35. The molecular formula is C41H49F2N9O3. The van der Waals surface area contributed by atoms with Gasteiger partial charge in [-0.15, -0.1) is 0 Å². The van der Waals surface area contributed by atoms with Crippen molar-refractivity contribution in [1.29, 1.82) is 0 Å². The molecule has 7 aliphatic rings. The zero-order chi connectivity index (χ0) is 37.4. The maximum Gasteiger partial charge on any atom is 0.318 e. The van der Waals surface area contributed by atoms with Crippen molar-refractivity contribution in [3.63, 3.8) is 0 Å². The smallest absolute Gasteiger partial charge is 0.318 e. The predicted octanol–water partition coefficient (Wildman–Crippen LogP) is 4.74. The maximum atomic E-state index is 15.2. The number of aromatic nitrogens is 4. The summed E-state index contributed by atoms with van der Waals surface area (Å²) >= 11 is 0. The lowest BCUT2D eigenvalue weighted by molar-refractivity contribution is 0.0600. The van der Waals surface area contributed by atoms with Crippen molar-refractivity contribution in [3.8, 4) is 11.8 Å². The van der Waals surface area contributed by atoms with E-state index in [0.717, 1.165) is 91.0 Å². The Labute approximate surface area is 319 Å². The first-order chi connectivity index (χ1) is 26.7. The average Bonchev–Trinajstić information content (AvgIpc) is 3.65. The van der Waals surface area contributed by atoms with Gasteiger partial charge in [-0.3, -0.25) is 14.4 Å². The molecule has 1 amide bonds. The van der Waals surface area contributed by atoms with E-state index in [4.69, 9.17) is 19.8 Å². The number of amides is 1. The van der Waals surface area contributed by atoms with Crippen molar-refractivity contribution in [1.82, 2.24) is 34.9 Å². The first-order valence-electron chi connectivity index (χ1n) is 20.2. The minimum absolute atomic E-state index is 0.00261. The van der Waals surface area contributed by atoms with E-state index in [-0.39, 0.29) is 35.1 Å². The molecule has 290 valence electrons. The molecule has 6 aliphatic heterocycles. The largest absolute Gasteiger partial charge is 0.508 e. The van der Waals surface area contributed by atoms with Crippen LogP contribution in [-0.4, -0.2) is 110 Å². The predicted molar refractivity (Wildman–Crippen MR) is 204 cm³/mol. The summed E-state index contributed by atoms with van der Waals surface area (Å²) in [5, 5.41) is 20.8. The number of anilines is 2. The van der Waals surface area contributed by atoms with Crippen LogP contribution in [0.5, 0.6) is 11.8 Å². The van der Waals surface area contributed by atoms with Crippen LogP contribution in [0.3, 0.4) is 0 Å². The molecule has 14 heteroatoms. The van der Waals surface area contributed by atoms with E-state index in [2.05, 4.69) is 20.0 Å². The molecule has 5 fully saturated rings. The number of aromatic hydroxyl groups is 1. The van der Waals surface area contributed by atoms with Gasteiger partial charge in [0.25, 0.3) is 5.91 Å². The standard InChI is InChI=1S/C41H49F2N9O3/c1-2-31-33(43)6-5-25-15-30(53)19-36(37(25)31)48-13-7-32-35(23-48)45-40(55-24-41-8-3-11-50(41)21-26(42)20-41)46-38(32)49-10-4-12-52-29(22-49)18-34(47-52)39(54)51-14-9-44-27-16-28(51)17-27/h5-6,15,18-19,26-28,44,53H,2-4,7-14,16-17,20-24H2,1H3/t26-,27?,28?,41+/m1/s1. The second-order valence-corrected chi connectivity index (χ2v) is 16.5. The summed E-state index contributed by atoms with van der Waals surface area (Å²) in [5.74, 6) is 0.675. The van der Waals surface area contributed by atoms with Gasteiger partial charge in [0.2, 0.25) is 0 Å². The Morgan fingerprint density at radius 3 is 2.82 bits per heavy atom. The molecule has 0 radical (unpaired) electrons. The fraction of sp³-hybridized carbons (Fsp3) is 0.561. The van der Waals surface area contributed by atoms with Gasteiger partial charge in [0.1, 0.15) is 30.2 Å². The number of carbonyl (C=O) groups excluding carboxylic acids is 1. The molecule has 4 aromatic rings. The number of alkyl halides is 1. The summed E-state index contributed by atoms with van der Waals surface area (Å²) in [6.45, 7) is 8.07. The Hall–Kier alpha value is -4.56. The van der Waals surface area contributed by atoms with Gasteiger partial charge in [0.15, 0.2) is 5.69 Å². The van der Waals surface area contributed by atoms with Crippen molar-refractivity contribution in [2.24, 2.45) is 0 Å². The topological polar surface area (TPSA) is 115 Å². The number of aryl methyl sites for hydroxylation is 2. The Balaban J connectivity index is 0.991. The zero-order valence-corrected chi connectivity index (χ0v) is 31.4. The fourth-order valence-electron chi connectivity index (χ4n) is 10.4. The van der Waals surface area contributed by atoms with Crippen LogP contribution in [0.4, 0.5) is 20.3 Å². The lowest BCUT2D eigenvalue weighted by Gasteiger charge is -2.38. The van der Waals surface area contributed by atoms with E-state index < -0.39 is 6.17 Å². The number of benzene rings is 2. The van der Waals surface area contributed by atoms with Gasteiger partial charge in [-0.1, -0.05) is 13.0 Å². The third-order valence-corrected chi connectivity index (χ3v) is 13.2. The zero-order valence-electron chi connectivity index (χ0n) is 31.4. The van der Waals surface area contributed by atoms with Crippen LogP contribution < -0.4 is 19.9 Å². The highest BCUT2D eigenvalue weighted by atomic mass is 19.1. The normalized spacial score (nSPS) is 26.3. The summed E-state index contributed by atoms with van der Waals surface area (Å²) in [4.78, 5) is 32.6.